The Morgan fingerprint density at radius 3 is 2.67 bits per heavy atom. The van der Waals surface area contributed by atoms with Crippen molar-refractivity contribution in [1.82, 2.24) is 20.3 Å². The first-order valence-electron chi connectivity index (χ1n) is 14.9. The van der Waals surface area contributed by atoms with Gasteiger partial charge in [-0.2, -0.15) is 4.98 Å². The molecule has 3 aromatic rings. The van der Waals surface area contributed by atoms with Crippen molar-refractivity contribution < 1.29 is 14.2 Å². The van der Waals surface area contributed by atoms with E-state index in [-0.39, 0.29) is 17.1 Å². The molecule has 5 rings (SSSR count). The maximum Gasteiger partial charge on any atom is 0.229 e. The molecule has 2 unspecified atom stereocenters. The van der Waals surface area contributed by atoms with Crippen LogP contribution >= 0.6 is 0 Å². The van der Waals surface area contributed by atoms with Crippen molar-refractivity contribution in [3.05, 3.63) is 59.9 Å². The lowest BCUT2D eigenvalue weighted by Gasteiger charge is -2.30. The molecule has 1 aromatic carbocycles. The zero-order valence-electron chi connectivity index (χ0n) is 25.8. The van der Waals surface area contributed by atoms with E-state index in [0.717, 1.165) is 60.5 Å². The summed E-state index contributed by atoms with van der Waals surface area (Å²) in [5.41, 5.74) is 3.53. The quantitative estimate of drug-likeness (QED) is 0.326. The number of nitrogens with one attached hydrogen (secondary N) is 2. The summed E-state index contributed by atoms with van der Waals surface area (Å²) in [7, 11) is 1.73. The molecule has 10 heteroatoms. The van der Waals surface area contributed by atoms with Gasteiger partial charge in [0.15, 0.2) is 0 Å². The highest BCUT2D eigenvalue weighted by Crippen LogP contribution is 2.44. The lowest BCUT2D eigenvalue weighted by Crippen LogP contribution is -2.37. The Balaban J connectivity index is 1.43. The van der Waals surface area contributed by atoms with Gasteiger partial charge in [-0.15, -0.1) is 0 Å². The number of hydrogen-bond donors (Lipinski definition) is 2. The predicted octanol–water partition coefficient (Wildman–Crippen LogP) is 4.97. The lowest BCUT2D eigenvalue weighted by molar-refractivity contribution is -0.0252. The van der Waals surface area contributed by atoms with Crippen molar-refractivity contribution in [2.75, 3.05) is 74.8 Å². The summed E-state index contributed by atoms with van der Waals surface area (Å²) >= 11 is 0. The molecule has 1 saturated heterocycles. The van der Waals surface area contributed by atoms with Gasteiger partial charge < -0.3 is 34.6 Å². The number of morpholine rings is 1. The zero-order chi connectivity index (χ0) is 29.7. The number of benzene rings is 1. The van der Waals surface area contributed by atoms with Crippen LogP contribution in [0.3, 0.4) is 0 Å². The van der Waals surface area contributed by atoms with Gasteiger partial charge in [-0.3, -0.25) is 0 Å². The molecule has 1 fully saturated rings. The van der Waals surface area contributed by atoms with E-state index in [1.807, 2.05) is 12.3 Å². The summed E-state index contributed by atoms with van der Waals surface area (Å²) in [5.74, 6) is 2.24. The molecule has 2 atom stereocenters. The van der Waals surface area contributed by atoms with E-state index >= 15 is 0 Å². The molecule has 42 heavy (non-hydrogen) atoms. The summed E-state index contributed by atoms with van der Waals surface area (Å²) in [6, 6.07) is 14.6. The van der Waals surface area contributed by atoms with Crippen LogP contribution in [0.5, 0.6) is 0 Å². The van der Waals surface area contributed by atoms with E-state index in [1.54, 1.807) is 7.11 Å². The summed E-state index contributed by atoms with van der Waals surface area (Å²) < 4.78 is 17.3. The van der Waals surface area contributed by atoms with Gasteiger partial charge in [0.2, 0.25) is 5.95 Å². The fourth-order valence-corrected chi connectivity index (χ4v) is 5.36. The third-order valence-electron chi connectivity index (χ3n) is 7.75. The molecular weight excluding hydrogens is 530 g/mol. The zero-order valence-corrected chi connectivity index (χ0v) is 25.8. The number of anilines is 5. The second-order valence-electron chi connectivity index (χ2n) is 12.2. The molecule has 226 valence electrons. The number of methoxy groups -OCH3 is 1. The smallest absolute Gasteiger partial charge is 0.229 e. The van der Waals surface area contributed by atoms with Gasteiger partial charge in [-0.1, -0.05) is 13.0 Å². The second kappa shape index (κ2) is 12.9. The normalized spacial score (nSPS) is 20.4. The van der Waals surface area contributed by atoms with Crippen molar-refractivity contribution in [2.45, 2.75) is 51.7 Å². The molecule has 0 radical (unpaired) electrons. The number of aromatic nitrogens is 3. The molecule has 2 aliphatic rings. The Labute approximate surface area is 249 Å². The SMILES string of the molecule is CCN(CCOC)c1ccc(Nc2ncc3c(n2)N(c2cccc(C4COCCN4)n2)CC3(C)COC(C)(C)C)cc1. The van der Waals surface area contributed by atoms with Crippen LogP contribution in [-0.4, -0.2) is 80.3 Å². The van der Waals surface area contributed by atoms with E-state index in [9.17, 15) is 0 Å². The van der Waals surface area contributed by atoms with E-state index in [2.05, 4.69) is 91.5 Å². The number of likely N-dealkylation sites (N-methyl/N-ethyl adjacent to an activating group) is 1. The second-order valence-corrected chi connectivity index (χ2v) is 12.2. The monoisotopic (exact) mass is 575 g/mol. The van der Waals surface area contributed by atoms with Gasteiger partial charge in [0.05, 0.1) is 43.8 Å². The van der Waals surface area contributed by atoms with Crippen molar-refractivity contribution in [3.8, 4) is 0 Å². The number of pyridine rings is 1. The van der Waals surface area contributed by atoms with E-state index in [1.165, 1.54) is 0 Å². The molecule has 10 nitrogen and oxygen atoms in total. The highest BCUT2D eigenvalue weighted by atomic mass is 16.5. The summed E-state index contributed by atoms with van der Waals surface area (Å²) in [4.78, 5) is 19.3. The molecule has 0 bridgehead atoms. The molecule has 2 N–H and O–H groups in total. The van der Waals surface area contributed by atoms with Gasteiger partial charge in [-0.25, -0.2) is 9.97 Å². The van der Waals surface area contributed by atoms with Crippen LogP contribution in [0, 0.1) is 0 Å². The van der Waals surface area contributed by atoms with Crippen LogP contribution in [-0.2, 0) is 19.6 Å². The van der Waals surface area contributed by atoms with Crippen molar-refractivity contribution in [1.29, 1.82) is 0 Å². The molecule has 2 aromatic heterocycles. The molecular formula is C32H45N7O3. The average Bonchev–Trinajstić information content (AvgIpc) is 3.29. The minimum absolute atomic E-state index is 0.0695. The van der Waals surface area contributed by atoms with Crippen molar-refractivity contribution in [3.63, 3.8) is 0 Å². The molecule has 0 amide bonds. The molecule has 0 saturated carbocycles. The average molecular weight is 576 g/mol. The first kappa shape index (κ1) is 30.2. The van der Waals surface area contributed by atoms with Gasteiger partial charge in [0.25, 0.3) is 0 Å². The maximum atomic E-state index is 6.31. The summed E-state index contributed by atoms with van der Waals surface area (Å²) in [5, 5.41) is 6.92. The molecule has 0 spiro atoms. The van der Waals surface area contributed by atoms with Crippen molar-refractivity contribution in [2.24, 2.45) is 0 Å². The van der Waals surface area contributed by atoms with Crippen LogP contribution in [0.1, 0.15) is 51.9 Å². The summed E-state index contributed by atoms with van der Waals surface area (Å²) in [6.07, 6.45) is 1.94. The topological polar surface area (TPSA) is 96.9 Å². The Morgan fingerprint density at radius 2 is 1.98 bits per heavy atom. The number of fused-ring (bicyclic) bond motifs is 1. The lowest BCUT2D eigenvalue weighted by atomic mass is 9.87. The highest BCUT2D eigenvalue weighted by molar-refractivity contribution is 5.69. The van der Waals surface area contributed by atoms with E-state index in [0.29, 0.717) is 32.3 Å². The minimum Gasteiger partial charge on any atom is -0.383 e. The molecule has 0 aliphatic carbocycles. The minimum atomic E-state index is -0.307. The number of nitrogens with zero attached hydrogens (tertiary/aromatic N) is 5. The third-order valence-corrected chi connectivity index (χ3v) is 7.75. The Bertz CT molecular complexity index is 1320. The van der Waals surface area contributed by atoms with Crippen LogP contribution < -0.4 is 20.4 Å². The fraction of sp³-hybridized carbons (Fsp3) is 0.531. The third kappa shape index (κ3) is 7.00. The maximum absolute atomic E-state index is 6.31. The van der Waals surface area contributed by atoms with Crippen LogP contribution in [0.2, 0.25) is 0 Å². The van der Waals surface area contributed by atoms with Gasteiger partial charge in [-0.05, 0) is 64.1 Å². The summed E-state index contributed by atoms with van der Waals surface area (Å²) in [6.45, 7) is 16.5. The Morgan fingerprint density at radius 1 is 1.17 bits per heavy atom. The standard InChI is InChI=1S/C32H45N7O3/c1-7-38(16-18-40-6)24-13-11-23(12-14-24)35-30-34-19-25-29(37-30)39(21-32(25,5)22-42-31(2,3)4)28-10-8-9-26(36-28)27-20-41-17-15-33-27/h8-14,19,27,33H,7,15-18,20-22H2,1-6H3,(H,34,35,37). The van der Waals surface area contributed by atoms with Gasteiger partial charge in [0.1, 0.15) is 11.6 Å². The largest absolute Gasteiger partial charge is 0.383 e. The van der Waals surface area contributed by atoms with E-state index in [4.69, 9.17) is 29.2 Å². The number of ether oxygens (including phenoxy) is 3. The molecule has 2 aliphatic heterocycles. The Hall–Kier alpha value is -3.31. The predicted molar refractivity (Wildman–Crippen MR) is 167 cm³/mol. The number of hydrogen-bond acceptors (Lipinski definition) is 10. The van der Waals surface area contributed by atoms with Crippen LogP contribution in [0.15, 0.2) is 48.7 Å². The molecule has 4 heterocycles. The van der Waals surface area contributed by atoms with E-state index < -0.39 is 0 Å². The van der Waals surface area contributed by atoms with Crippen LogP contribution in [0.4, 0.5) is 29.0 Å². The van der Waals surface area contributed by atoms with Crippen LogP contribution in [0.25, 0.3) is 0 Å². The number of rotatable bonds is 11. The van der Waals surface area contributed by atoms with Gasteiger partial charge >= 0.3 is 0 Å². The Kier molecular flexibility index (Phi) is 9.27. The van der Waals surface area contributed by atoms with Crippen molar-refractivity contribution >= 4 is 29.0 Å². The first-order chi connectivity index (χ1) is 20.2. The highest BCUT2D eigenvalue weighted by Gasteiger charge is 2.43. The van der Waals surface area contributed by atoms with Gasteiger partial charge in [0, 0.05) is 61.8 Å². The first-order valence-corrected chi connectivity index (χ1v) is 14.9. The fourth-order valence-electron chi connectivity index (χ4n) is 5.36.